The van der Waals surface area contributed by atoms with Crippen LogP contribution in [0.15, 0.2) is 33.8 Å². The van der Waals surface area contributed by atoms with Crippen molar-refractivity contribution in [2.45, 2.75) is 39.3 Å². The van der Waals surface area contributed by atoms with Crippen LogP contribution in [-0.4, -0.2) is 35.1 Å². The zero-order valence-electron chi connectivity index (χ0n) is 15.2. The van der Waals surface area contributed by atoms with Crippen molar-refractivity contribution in [3.05, 3.63) is 47.4 Å². The molecule has 138 valence electrons. The number of hydrogen-bond acceptors (Lipinski definition) is 4. The summed E-state index contributed by atoms with van der Waals surface area (Å²) in [6.45, 7) is 7.09. The summed E-state index contributed by atoms with van der Waals surface area (Å²) in [5.41, 5.74) is 0.822. The number of benzene rings is 1. The number of aromatic nitrogens is 2. The first-order valence-electron chi connectivity index (χ1n) is 7.79. The fourth-order valence-electron chi connectivity index (χ4n) is 2.11. The van der Waals surface area contributed by atoms with Crippen LogP contribution in [0.2, 0.25) is 0 Å². The molecule has 0 bridgehead atoms. The fraction of sp³-hybridized carbons (Fsp3) is 0.471. The molecule has 8 heteroatoms. The highest BCUT2D eigenvalue weighted by Crippen LogP contribution is 2.19. The van der Waals surface area contributed by atoms with Gasteiger partial charge in [-0.15, -0.1) is 24.0 Å². The highest BCUT2D eigenvalue weighted by atomic mass is 127. The smallest absolute Gasteiger partial charge is 0.232 e. The summed E-state index contributed by atoms with van der Waals surface area (Å²) in [5.74, 6) is 1.64. The number of aliphatic imine (C=N–C) groups is 1. The van der Waals surface area contributed by atoms with Crippen molar-refractivity contribution in [1.82, 2.24) is 20.4 Å². The van der Waals surface area contributed by atoms with Crippen LogP contribution >= 0.6 is 24.0 Å². The standard InChI is InChI=1S/C17H24FN5O.HI/c1-17(2,3)15-21-14(22-24-15)10-20-16(19-4)23(5)11-12-6-8-13(18)9-7-12;/h6-9H,10-11H2,1-5H3,(H,19,20);1H. The highest BCUT2D eigenvalue weighted by Gasteiger charge is 2.21. The zero-order chi connectivity index (χ0) is 17.7. The Bertz CT molecular complexity index is 694. The lowest BCUT2D eigenvalue weighted by Crippen LogP contribution is -2.38. The lowest BCUT2D eigenvalue weighted by atomic mass is 9.97. The van der Waals surface area contributed by atoms with E-state index >= 15 is 0 Å². The Balaban J connectivity index is 0.00000312. The van der Waals surface area contributed by atoms with Crippen molar-refractivity contribution >= 4 is 29.9 Å². The molecule has 6 nitrogen and oxygen atoms in total. The minimum atomic E-state index is -0.240. The van der Waals surface area contributed by atoms with Crippen LogP contribution in [-0.2, 0) is 18.5 Å². The number of guanidine groups is 1. The van der Waals surface area contributed by atoms with Gasteiger partial charge in [-0.05, 0) is 17.7 Å². The van der Waals surface area contributed by atoms with E-state index in [1.54, 1.807) is 19.2 Å². The molecule has 0 saturated heterocycles. The summed E-state index contributed by atoms with van der Waals surface area (Å²) < 4.78 is 18.2. The van der Waals surface area contributed by atoms with E-state index in [0.717, 1.165) is 5.56 Å². The van der Waals surface area contributed by atoms with E-state index in [0.29, 0.717) is 30.8 Å². The SMILES string of the molecule is CN=C(NCc1noc(C(C)(C)C)n1)N(C)Cc1ccc(F)cc1.I. The van der Waals surface area contributed by atoms with Crippen molar-refractivity contribution in [2.75, 3.05) is 14.1 Å². The normalized spacial score (nSPS) is 11.8. The van der Waals surface area contributed by atoms with E-state index < -0.39 is 0 Å². The van der Waals surface area contributed by atoms with Crippen molar-refractivity contribution in [3.8, 4) is 0 Å². The van der Waals surface area contributed by atoms with Crippen molar-refractivity contribution < 1.29 is 8.91 Å². The molecule has 0 aliphatic heterocycles. The van der Waals surface area contributed by atoms with E-state index in [1.807, 2.05) is 32.7 Å². The maximum atomic E-state index is 13.0. The minimum Gasteiger partial charge on any atom is -0.349 e. The summed E-state index contributed by atoms with van der Waals surface area (Å²) in [4.78, 5) is 10.6. The first kappa shape index (κ1) is 21.3. The Morgan fingerprint density at radius 3 is 2.44 bits per heavy atom. The molecular formula is C17H25FIN5O. The Morgan fingerprint density at radius 2 is 1.92 bits per heavy atom. The van der Waals surface area contributed by atoms with E-state index in [9.17, 15) is 4.39 Å². The monoisotopic (exact) mass is 461 g/mol. The maximum absolute atomic E-state index is 13.0. The van der Waals surface area contributed by atoms with Gasteiger partial charge in [-0.1, -0.05) is 38.1 Å². The molecule has 1 aromatic carbocycles. The van der Waals surface area contributed by atoms with Gasteiger partial charge in [0.05, 0.1) is 6.54 Å². The van der Waals surface area contributed by atoms with Crippen LogP contribution in [0.25, 0.3) is 0 Å². The van der Waals surface area contributed by atoms with Crippen LogP contribution in [0.5, 0.6) is 0 Å². The Hall–Kier alpha value is -1.71. The average molecular weight is 461 g/mol. The molecule has 1 N–H and O–H groups in total. The lowest BCUT2D eigenvalue weighted by molar-refractivity contribution is 0.318. The Labute approximate surface area is 164 Å². The topological polar surface area (TPSA) is 66.5 Å². The summed E-state index contributed by atoms with van der Waals surface area (Å²) in [6, 6.07) is 6.42. The predicted molar refractivity (Wildman–Crippen MR) is 106 cm³/mol. The third kappa shape index (κ3) is 6.26. The molecule has 0 spiro atoms. The number of nitrogens with zero attached hydrogens (tertiary/aromatic N) is 4. The second-order valence-electron chi connectivity index (χ2n) is 6.65. The molecule has 0 saturated carbocycles. The Kier molecular flexibility index (Phi) is 7.78. The van der Waals surface area contributed by atoms with Crippen LogP contribution < -0.4 is 5.32 Å². The van der Waals surface area contributed by atoms with Gasteiger partial charge in [-0.3, -0.25) is 4.99 Å². The third-order valence-corrected chi connectivity index (χ3v) is 3.42. The van der Waals surface area contributed by atoms with E-state index in [1.165, 1.54) is 12.1 Å². The lowest BCUT2D eigenvalue weighted by Gasteiger charge is -2.21. The molecule has 0 aliphatic carbocycles. The summed E-state index contributed by atoms with van der Waals surface area (Å²) in [5, 5.41) is 7.18. The minimum absolute atomic E-state index is 0. The molecule has 1 heterocycles. The van der Waals surface area contributed by atoms with E-state index in [4.69, 9.17) is 4.52 Å². The summed E-state index contributed by atoms with van der Waals surface area (Å²) >= 11 is 0. The van der Waals surface area contributed by atoms with Crippen molar-refractivity contribution in [1.29, 1.82) is 0 Å². The van der Waals surface area contributed by atoms with Crippen molar-refractivity contribution in [2.24, 2.45) is 4.99 Å². The summed E-state index contributed by atoms with van der Waals surface area (Å²) in [6.07, 6.45) is 0. The van der Waals surface area contributed by atoms with Gasteiger partial charge in [0.1, 0.15) is 5.82 Å². The Morgan fingerprint density at radius 1 is 1.28 bits per heavy atom. The van der Waals surface area contributed by atoms with Gasteiger partial charge in [0.15, 0.2) is 11.8 Å². The number of hydrogen-bond donors (Lipinski definition) is 1. The maximum Gasteiger partial charge on any atom is 0.232 e. The molecule has 0 radical (unpaired) electrons. The highest BCUT2D eigenvalue weighted by molar-refractivity contribution is 14.0. The first-order valence-corrected chi connectivity index (χ1v) is 7.79. The van der Waals surface area contributed by atoms with Crippen LogP contribution in [0, 0.1) is 5.82 Å². The molecule has 1 aromatic heterocycles. The van der Waals surface area contributed by atoms with Crippen LogP contribution in [0.4, 0.5) is 4.39 Å². The molecule has 0 unspecified atom stereocenters. The van der Waals surface area contributed by atoms with Gasteiger partial charge in [0.25, 0.3) is 0 Å². The van der Waals surface area contributed by atoms with Gasteiger partial charge in [0, 0.05) is 26.1 Å². The second kappa shape index (κ2) is 9.12. The number of rotatable bonds is 4. The van der Waals surface area contributed by atoms with Crippen LogP contribution in [0.3, 0.4) is 0 Å². The number of nitrogens with one attached hydrogen (secondary N) is 1. The van der Waals surface area contributed by atoms with Gasteiger partial charge in [0.2, 0.25) is 5.89 Å². The largest absolute Gasteiger partial charge is 0.349 e. The quantitative estimate of drug-likeness (QED) is 0.430. The zero-order valence-corrected chi connectivity index (χ0v) is 17.5. The molecule has 2 aromatic rings. The molecule has 0 aliphatic rings. The van der Waals surface area contributed by atoms with Gasteiger partial charge < -0.3 is 14.7 Å². The summed E-state index contributed by atoms with van der Waals surface area (Å²) in [7, 11) is 3.62. The average Bonchev–Trinajstić information content (AvgIpc) is 2.99. The van der Waals surface area contributed by atoms with Gasteiger partial charge in [-0.2, -0.15) is 4.98 Å². The molecule has 2 rings (SSSR count). The van der Waals surface area contributed by atoms with Crippen LogP contribution in [0.1, 0.15) is 38.0 Å². The molecule has 0 amide bonds. The first-order chi connectivity index (χ1) is 11.3. The van der Waals surface area contributed by atoms with E-state index in [-0.39, 0.29) is 35.2 Å². The molecule has 25 heavy (non-hydrogen) atoms. The van der Waals surface area contributed by atoms with Crippen molar-refractivity contribution in [3.63, 3.8) is 0 Å². The second-order valence-corrected chi connectivity index (χ2v) is 6.65. The van der Waals surface area contributed by atoms with Gasteiger partial charge >= 0.3 is 0 Å². The molecular weight excluding hydrogens is 436 g/mol. The fourth-order valence-corrected chi connectivity index (χ4v) is 2.11. The van der Waals surface area contributed by atoms with Gasteiger partial charge in [-0.25, -0.2) is 4.39 Å². The predicted octanol–water partition coefficient (Wildman–Crippen LogP) is 3.33. The third-order valence-electron chi connectivity index (χ3n) is 3.42. The number of halogens is 2. The van der Waals surface area contributed by atoms with E-state index in [2.05, 4.69) is 20.4 Å². The molecule has 0 atom stereocenters. The molecule has 0 fully saturated rings.